The minimum Gasteiger partial charge on any atom is -0.398 e. The van der Waals surface area contributed by atoms with Gasteiger partial charge in [-0.2, -0.15) is 0 Å². The van der Waals surface area contributed by atoms with E-state index in [9.17, 15) is 0 Å². The van der Waals surface area contributed by atoms with E-state index >= 15 is 0 Å². The molecule has 3 nitrogen and oxygen atoms in total. The standard InChI is InChI=1S/C13H13Cl2N3/c1-7-3-10(15)12(4-9(7)14)18-13-5-11(16)8(2)6-17-13/h3-6H,1-2H3,(H3,16,17,18). The van der Waals surface area contributed by atoms with Crippen LogP contribution in [0.4, 0.5) is 17.2 Å². The lowest BCUT2D eigenvalue weighted by atomic mass is 10.2. The zero-order valence-corrected chi connectivity index (χ0v) is 11.6. The first-order chi connectivity index (χ1) is 8.47. The molecule has 5 heteroatoms. The number of hydrogen-bond acceptors (Lipinski definition) is 3. The van der Waals surface area contributed by atoms with Crippen LogP contribution in [-0.4, -0.2) is 4.98 Å². The van der Waals surface area contributed by atoms with Gasteiger partial charge >= 0.3 is 0 Å². The van der Waals surface area contributed by atoms with E-state index in [4.69, 9.17) is 28.9 Å². The van der Waals surface area contributed by atoms with E-state index in [1.165, 1.54) is 0 Å². The molecule has 0 saturated heterocycles. The van der Waals surface area contributed by atoms with Crippen molar-refractivity contribution in [3.63, 3.8) is 0 Å². The number of benzene rings is 1. The van der Waals surface area contributed by atoms with E-state index in [1.54, 1.807) is 18.3 Å². The number of hydrogen-bond donors (Lipinski definition) is 2. The molecule has 1 aromatic heterocycles. The molecule has 0 aliphatic rings. The summed E-state index contributed by atoms with van der Waals surface area (Å²) < 4.78 is 0. The fourth-order valence-corrected chi connectivity index (χ4v) is 1.92. The van der Waals surface area contributed by atoms with E-state index < -0.39 is 0 Å². The summed E-state index contributed by atoms with van der Waals surface area (Å²) in [6.07, 6.45) is 1.71. The Bertz CT molecular complexity index is 597. The summed E-state index contributed by atoms with van der Waals surface area (Å²) in [5, 5.41) is 4.35. The van der Waals surface area contributed by atoms with E-state index in [2.05, 4.69) is 10.3 Å². The Kier molecular flexibility index (Phi) is 3.64. The Labute approximate surface area is 116 Å². The molecule has 0 fully saturated rings. The number of nitrogens with zero attached hydrogens (tertiary/aromatic N) is 1. The SMILES string of the molecule is Cc1cnc(Nc2cc(Cl)c(C)cc2Cl)cc1N. The van der Waals surface area contributed by atoms with Crippen LogP contribution in [0.25, 0.3) is 0 Å². The van der Waals surface area contributed by atoms with Crippen LogP contribution < -0.4 is 11.1 Å². The van der Waals surface area contributed by atoms with E-state index in [1.807, 2.05) is 19.9 Å². The van der Waals surface area contributed by atoms with Gasteiger partial charge in [-0.1, -0.05) is 23.2 Å². The number of aryl methyl sites for hydroxylation is 2. The van der Waals surface area contributed by atoms with Crippen LogP contribution in [0, 0.1) is 13.8 Å². The third kappa shape index (κ3) is 2.68. The predicted octanol–water partition coefficient (Wildman–Crippen LogP) is 4.33. The minimum atomic E-state index is 0.595. The van der Waals surface area contributed by atoms with Crippen molar-refractivity contribution in [2.24, 2.45) is 0 Å². The van der Waals surface area contributed by atoms with Gasteiger partial charge in [0.2, 0.25) is 0 Å². The molecule has 3 N–H and O–H groups in total. The second kappa shape index (κ2) is 5.04. The molecule has 18 heavy (non-hydrogen) atoms. The molecule has 0 amide bonds. The molecular formula is C13H13Cl2N3. The molecular weight excluding hydrogens is 269 g/mol. The summed E-state index contributed by atoms with van der Waals surface area (Å²) in [6.45, 7) is 3.81. The van der Waals surface area contributed by atoms with Crippen LogP contribution in [-0.2, 0) is 0 Å². The largest absolute Gasteiger partial charge is 0.398 e. The Morgan fingerprint density at radius 1 is 1.06 bits per heavy atom. The van der Waals surface area contributed by atoms with Gasteiger partial charge in [-0.25, -0.2) is 4.98 Å². The summed E-state index contributed by atoms with van der Waals surface area (Å²) >= 11 is 12.2. The molecule has 0 saturated carbocycles. The first-order valence-electron chi connectivity index (χ1n) is 5.42. The zero-order valence-electron chi connectivity index (χ0n) is 10.1. The third-order valence-corrected chi connectivity index (χ3v) is 3.38. The van der Waals surface area contributed by atoms with Crippen LogP contribution in [0.15, 0.2) is 24.4 Å². The maximum atomic E-state index is 6.14. The maximum Gasteiger partial charge on any atom is 0.132 e. The van der Waals surface area contributed by atoms with Crippen LogP contribution in [0.2, 0.25) is 10.0 Å². The molecule has 0 bridgehead atoms. The fourth-order valence-electron chi connectivity index (χ4n) is 1.49. The number of anilines is 3. The lowest BCUT2D eigenvalue weighted by Crippen LogP contribution is -1.98. The normalized spacial score (nSPS) is 10.4. The fraction of sp³-hybridized carbons (Fsp3) is 0.154. The molecule has 1 heterocycles. The first kappa shape index (κ1) is 13.0. The van der Waals surface area contributed by atoms with Crippen LogP contribution in [0.3, 0.4) is 0 Å². The predicted molar refractivity (Wildman–Crippen MR) is 77.9 cm³/mol. The molecule has 0 aliphatic heterocycles. The highest BCUT2D eigenvalue weighted by Gasteiger charge is 2.06. The van der Waals surface area contributed by atoms with Gasteiger partial charge in [0, 0.05) is 23.0 Å². The van der Waals surface area contributed by atoms with Crippen molar-refractivity contribution in [3.8, 4) is 0 Å². The first-order valence-corrected chi connectivity index (χ1v) is 6.18. The van der Waals surface area contributed by atoms with Gasteiger partial charge in [0.05, 0.1) is 10.7 Å². The van der Waals surface area contributed by atoms with Crippen LogP contribution >= 0.6 is 23.2 Å². The topological polar surface area (TPSA) is 50.9 Å². The molecule has 0 unspecified atom stereocenters. The highest BCUT2D eigenvalue weighted by Crippen LogP contribution is 2.31. The number of halogens is 2. The van der Waals surface area contributed by atoms with E-state index in [-0.39, 0.29) is 0 Å². The zero-order chi connectivity index (χ0) is 13.3. The summed E-state index contributed by atoms with van der Waals surface area (Å²) in [6, 6.07) is 5.35. The van der Waals surface area contributed by atoms with Crippen molar-refractivity contribution in [3.05, 3.63) is 45.6 Å². The summed E-state index contributed by atoms with van der Waals surface area (Å²) in [5.41, 5.74) is 9.09. The Balaban J connectivity index is 2.34. The highest BCUT2D eigenvalue weighted by atomic mass is 35.5. The van der Waals surface area contributed by atoms with Gasteiger partial charge in [-0.05, 0) is 37.1 Å². The van der Waals surface area contributed by atoms with Gasteiger partial charge in [0.15, 0.2) is 0 Å². The summed E-state index contributed by atoms with van der Waals surface area (Å²) in [5.74, 6) is 0.639. The number of aromatic nitrogens is 1. The van der Waals surface area contributed by atoms with Crippen molar-refractivity contribution in [1.82, 2.24) is 4.98 Å². The van der Waals surface area contributed by atoms with Gasteiger partial charge in [-0.3, -0.25) is 0 Å². The van der Waals surface area contributed by atoms with Gasteiger partial charge in [-0.15, -0.1) is 0 Å². The number of nitrogen functional groups attached to an aromatic ring is 1. The molecule has 1 aromatic carbocycles. The maximum absolute atomic E-state index is 6.14. The Hall–Kier alpha value is -1.45. The van der Waals surface area contributed by atoms with Crippen LogP contribution in [0.5, 0.6) is 0 Å². The average Bonchev–Trinajstić information content (AvgIpc) is 2.31. The second-order valence-electron chi connectivity index (χ2n) is 4.13. The van der Waals surface area contributed by atoms with Crippen molar-refractivity contribution in [1.29, 1.82) is 0 Å². The Morgan fingerprint density at radius 2 is 1.78 bits per heavy atom. The average molecular weight is 282 g/mol. The number of nitrogens with two attached hydrogens (primary N) is 1. The Morgan fingerprint density at radius 3 is 2.44 bits per heavy atom. The minimum absolute atomic E-state index is 0.595. The summed E-state index contributed by atoms with van der Waals surface area (Å²) in [7, 11) is 0. The molecule has 2 aromatic rings. The molecule has 0 atom stereocenters. The molecule has 0 aliphatic carbocycles. The molecule has 2 rings (SSSR count). The number of pyridine rings is 1. The quantitative estimate of drug-likeness (QED) is 0.861. The van der Waals surface area contributed by atoms with Crippen molar-refractivity contribution >= 4 is 40.4 Å². The third-order valence-electron chi connectivity index (χ3n) is 2.66. The van der Waals surface area contributed by atoms with Crippen molar-refractivity contribution < 1.29 is 0 Å². The number of nitrogens with one attached hydrogen (secondary N) is 1. The highest BCUT2D eigenvalue weighted by molar-refractivity contribution is 6.35. The molecule has 0 spiro atoms. The molecule has 0 radical (unpaired) electrons. The number of rotatable bonds is 2. The van der Waals surface area contributed by atoms with Crippen molar-refractivity contribution in [2.45, 2.75) is 13.8 Å². The molecule has 94 valence electrons. The second-order valence-corrected chi connectivity index (χ2v) is 4.95. The lowest BCUT2D eigenvalue weighted by molar-refractivity contribution is 1.26. The summed E-state index contributed by atoms with van der Waals surface area (Å²) in [4.78, 5) is 4.23. The lowest BCUT2D eigenvalue weighted by Gasteiger charge is -2.10. The van der Waals surface area contributed by atoms with Gasteiger partial charge in [0.25, 0.3) is 0 Å². The monoisotopic (exact) mass is 281 g/mol. The van der Waals surface area contributed by atoms with E-state index in [0.29, 0.717) is 27.2 Å². The van der Waals surface area contributed by atoms with E-state index in [0.717, 1.165) is 11.1 Å². The van der Waals surface area contributed by atoms with Crippen LogP contribution in [0.1, 0.15) is 11.1 Å². The van der Waals surface area contributed by atoms with Crippen molar-refractivity contribution in [2.75, 3.05) is 11.1 Å². The smallest absolute Gasteiger partial charge is 0.132 e. The van der Waals surface area contributed by atoms with Gasteiger partial charge in [0.1, 0.15) is 5.82 Å². The van der Waals surface area contributed by atoms with Gasteiger partial charge < -0.3 is 11.1 Å².